The van der Waals surface area contributed by atoms with Gasteiger partial charge in [-0.3, -0.25) is 4.79 Å². The van der Waals surface area contributed by atoms with Gasteiger partial charge in [-0.15, -0.1) is 0 Å². The molecule has 3 aromatic rings. The number of benzene rings is 2. The number of nitrogens with zero attached hydrogens (tertiary/aromatic N) is 2. The van der Waals surface area contributed by atoms with Crippen LogP contribution in [0.3, 0.4) is 0 Å². The average Bonchev–Trinajstić information content (AvgIpc) is 3.10. The Balaban J connectivity index is 1.50. The van der Waals surface area contributed by atoms with Crippen molar-refractivity contribution in [3.8, 4) is 11.4 Å². The molecule has 0 saturated carbocycles. The Bertz CT molecular complexity index is 826. The van der Waals surface area contributed by atoms with Gasteiger partial charge in [0.1, 0.15) is 5.75 Å². The molecule has 0 spiro atoms. The maximum absolute atomic E-state index is 12.1. The minimum absolute atomic E-state index is 0.0926. The molecular weight excluding hydrogens is 290 g/mol. The Hall–Kier alpha value is -3.08. The Labute approximate surface area is 133 Å². The van der Waals surface area contributed by atoms with Gasteiger partial charge in [0.15, 0.2) is 6.23 Å². The van der Waals surface area contributed by atoms with Crippen molar-refractivity contribution in [2.75, 3.05) is 0 Å². The topological polar surface area (TPSA) is 56.2 Å². The van der Waals surface area contributed by atoms with Gasteiger partial charge in [0.25, 0.3) is 5.91 Å². The summed E-state index contributed by atoms with van der Waals surface area (Å²) in [5.41, 5.74) is 2.67. The van der Waals surface area contributed by atoms with Gasteiger partial charge in [-0.05, 0) is 35.9 Å². The summed E-state index contributed by atoms with van der Waals surface area (Å²) in [6.07, 6.45) is 3.90. The first-order valence-electron chi connectivity index (χ1n) is 7.45. The fourth-order valence-corrected chi connectivity index (χ4v) is 2.68. The van der Waals surface area contributed by atoms with E-state index in [2.05, 4.69) is 10.4 Å². The van der Waals surface area contributed by atoms with Gasteiger partial charge in [0.2, 0.25) is 0 Å². The number of amides is 1. The van der Waals surface area contributed by atoms with Crippen LogP contribution in [0.1, 0.15) is 15.9 Å². The van der Waals surface area contributed by atoms with Crippen LogP contribution in [0.2, 0.25) is 0 Å². The second kappa shape index (κ2) is 5.61. The van der Waals surface area contributed by atoms with Crippen molar-refractivity contribution in [3.63, 3.8) is 0 Å². The summed E-state index contributed by atoms with van der Waals surface area (Å²) in [4.78, 5) is 12.1. The summed E-state index contributed by atoms with van der Waals surface area (Å²) in [6.45, 7) is 0. The van der Waals surface area contributed by atoms with Gasteiger partial charge in [-0.2, -0.15) is 5.10 Å². The number of nitrogens with one attached hydrogen (secondary N) is 1. The Kier molecular flexibility index (Phi) is 3.31. The fraction of sp³-hybridized carbons (Fsp3) is 0.111. The highest BCUT2D eigenvalue weighted by atomic mass is 16.5. The lowest BCUT2D eigenvalue weighted by molar-refractivity contribution is 0.0758. The monoisotopic (exact) mass is 305 g/mol. The largest absolute Gasteiger partial charge is 0.469 e. The molecule has 0 saturated heterocycles. The van der Waals surface area contributed by atoms with Gasteiger partial charge >= 0.3 is 0 Å². The van der Waals surface area contributed by atoms with Gasteiger partial charge in [0, 0.05) is 18.8 Å². The summed E-state index contributed by atoms with van der Waals surface area (Å²) in [6, 6.07) is 17.2. The molecule has 1 unspecified atom stereocenters. The summed E-state index contributed by atoms with van der Waals surface area (Å²) >= 11 is 0. The van der Waals surface area contributed by atoms with Crippen molar-refractivity contribution >= 4 is 5.91 Å². The smallest absolute Gasteiger partial charge is 0.257 e. The van der Waals surface area contributed by atoms with E-state index < -0.39 is 0 Å². The van der Waals surface area contributed by atoms with Crippen LogP contribution in [0.25, 0.3) is 5.69 Å². The normalized spacial score (nSPS) is 16.3. The molecule has 0 aliphatic carbocycles. The quantitative estimate of drug-likeness (QED) is 0.809. The molecule has 1 aliphatic rings. The van der Waals surface area contributed by atoms with Crippen molar-refractivity contribution in [2.24, 2.45) is 0 Å². The minimum atomic E-state index is -0.354. The van der Waals surface area contributed by atoms with E-state index >= 15 is 0 Å². The van der Waals surface area contributed by atoms with E-state index in [1.54, 1.807) is 16.9 Å². The first-order chi connectivity index (χ1) is 11.3. The van der Waals surface area contributed by atoms with Crippen LogP contribution < -0.4 is 10.1 Å². The molecule has 1 amide bonds. The number of rotatable bonds is 3. The second-order valence-electron chi connectivity index (χ2n) is 5.40. The third-order valence-corrected chi connectivity index (χ3v) is 3.82. The van der Waals surface area contributed by atoms with Crippen molar-refractivity contribution in [2.45, 2.75) is 12.6 Å². The summed E-state index contributed by atoms with van der Waals surface area (Å²) < 4.78 is 7.66. The molecule has 0 bridgehead atoms. The molecule has 5 heteroatoms. The Morgan fingerprint density at radius 1 is 1.09 bits per heavy atom. The fourth-order valence-electron chi connectivity index (χ4n) is 2.68. The molecule has 5 nitrogen and oxygen atoms in total. The first kappa shape index (κ1) is 13.6. The number of para-hydroxylation sites is 1. The molecule has 2 heterocycles. The van der Waals surface area contributed by atoms with Crippen LogP contribution in [0.4, 0.5) is 0 Å². The summed E-state index contributed by atoms with van der Waals surface area (Å²) in [7, 11) is 0. The van der Waals surface area contributed by atoms with Crippen LogP contribution in [0.15, 0.2) is 67.0 Å². The lowest BCUT2D eigenvalue weighted by Gasteiger charge is -2.26. The number of hydrogen-bond acceptors (Lipinski definition) is 3. The van der Waals surface area contributed by atoms with E-state index in [-0.39, 0.29) is 12.1 Å². The molecule has 1 atom stereocenters. The number of hydrogen-bond donors (Lipinski definition) is 1. The highest BCUT2D eigenvalue weighted by molar-refractivity contribution is 5.97. The van der Waals surface area contributed by atoms with Gasteiger partial charge < -0.3 is 10.1 Å². The molecular formula is C18H15N3O2. The van der Waals surface area contributed by atoms with Crippen LogP contribution in [-0.2, 0) is 6.42 Å². The van der Waals surface area contributed by atoms with Crippen LogP contribution >= 0.6 is 0 Å². The highest BCUT2D eigenvalue weighted by Gasteiger charge is 2.24. The van der Waals surface area contributed by atoms with E-state index in [0.29, 0.717) is 17.7 Å². The highest BCUT2D eigenvalue weighted by Crippen LogP contribution is 2.23. The molecule has 1 aromatic heterocycles. The molecule has 23 heavy (non-hydrogen) atoms. The predicted molar refractivity (Wildman–Crippen MR) is 85.6 cm³/mol. The van der Waals surface area contributed by atoms with Gasteiger partial charge in [-0.1, -0.05) is 24.3 Å². The van der Waals surface area contributed by atoms with Gasteiger partial charge in [-0.25, -0.2) is 4.68 Å². The molecule has 0 fully saturated rings. The molecule has 0 radical (unpaired) electrons. The lowest BCUT2D eigenvalue weighted by atomic mass is 10.1. The number of carbonyl (C=O) groups excluding carboxylic acids is 1. The minimum Gasteiger partial charge on any atom is -0.469 e. The number of ether oxygens (including phenoxy) is 1. The molecule has 114 valence electrons. The SMILES string of the molecule is O=C1NC(Cc2ccc(-n3cccn3)cc2)Oc2ccccc21. The zero-order chi connectivity index (χ0) is 15.6. The van der Waals surface area contributed by atoms with E-state index in [9.17, 15) is 4.79 Å². The molecule has 2 aromatic carbocycles. The van der Waals surface area contributed by atoms with Crippen molar-refractivity contribution in [1.29, 1.82) is 0 Å². The molecule has 4 rings (SSSR count). The summed E-state index contributed by atoms with van der Waals surface area (Å²) in [5, 5.41) is 7.09. The average molecular weight is 305 g/mol. The predicted octanol–water partition coefficient (Wildman–Crippen LogP) is 2.56. The van der Waals surface area contributed by atoms with Crippen LogP contribution in [-0.4, -0.2) is 21.9 Å². The van der Waals surface area contributed by atoms with E-state index in [1.165, 1.54) is 0 Å². The summed E-state index contributed by atoms with van der Waals surface area (Å²) in [5.74, 6) is 0.541. The van der Waals surface area contributed by atoms with E-state index in [1.807, 2.05) is 54.7 Å². The van der Waals surface area contributed by atoms with E-state index in [4.69, 9.17) is 4.74 Å². The lowest BCUT2D eigenvalue weighted by Crippen LogP contribution is -2.44. The van der Waals surface area contributed by atoms with Crippen LogP contribution in [0, 0.1) is 0 Å². The van der Waals surface area contributed by atoms with Gasteiger partial charge in [0.05, 0.1) is 11.3 Å². The third kappa shape index (κ3) is 2.68. The van der Waals surface area contributed by atoms with Crippen molar-refractivity contribution < 1.29 is 9.53 Å². The Morgan fingerprint density at radius 3 is 2.70 bits per heavy atom. The maximum atomic E-state index is 12.1. The number of carbonyl (C=O) groups is 1. The maximum Gasteiger partial charge on any atom is 0.257 e. The number of aromatic nitrogens is 2. The van der Waals surface area contributed by atoms with E-state index in [0.717, 1.165) is 11.3 Å². The Morgan fingerprint density at radius 2 is 1.91 bits per heavy atom. The number of fused-ring (bicyclic) bond motifs is 1. The first-order valence-corrected chi connectivity index (χ1v) is 7.45. The van der Waals surface area contributed by atoms with Crippen molar-refractivity contribution in [3.05, 3.63) is 78.1 Å². The van der Waals surface area contributed by atoms with Crippen molar-refractivity contribution in [1.82, 2.24) is 15.1 Å². The molecule has 1 N–H and O–H groups in total. The molecule has 1 aliphatic heterocycles. The zero-order valence-corrected chi connectivity index (χ0v) is 12.3. The zero-order valence-electron chi connectivity index (χ0n) is 12.3. The third-order valence-electron chi connectivity index (χ3n) is 3.82. The second-order valence-corrected chi connectivity index (χ2v) is 5.40. The standard InChI is InChI=1S/C18H15N3O2/c22-18-15-4-1-2-5-16(15)23-17(20-18)12-13-6-8-14(9-7-13)21-11-3-10-19-21/h1-11,17H,12H2,(H,20,22). The van der Waals surface area contributed by atoms with Crippen LogP contribution in [0.5, 0.6) is 5.75 Å².